The van der Waals surface area contributed by atoms with Crippen molar-refractivity contribution >= 4 is 0 Å². The van der Waals surface area contributed by atoms with E-state index in [0.717, 1.165) is 0 Å². The van der Waals surface area contributed by atoms with Gasteiger partial charge in [-0.25, -0.2) is 4.39 Å². The van der Waals surface area contributed by atoms with Crippen molar-refractivity contribution in [2.75, 3.05) is 6.61 Å². The maximum absolute atomic E-state index is 13.1. The van der Waals surface area contributed by atoms with Crippen LogP contribution in [0.1, 0.15) is 18.6 Å². The van der Waals surface area contributed by atoms with E-state index in [1.807, 2.05) is 12.3 Å². The Labute approximate surface area is 105 Å². The minimum atomic E-state index is -0.690. The van der Waals surface area contributed by atoms with E-state index < -0.39 is 6.10 Å². The molecule has 96 valence electrons. The van der Waals surface area contributed by atoms with E-state index in [4.69, 9.17) is 4.74 Å². The molecule has 1 unspecified atom stereocenters. The summed E-state index contributed by atoms with van der Waals surface area (Å²) in [5.74, 6) is -0.00866. The third-order valence-electron chi connectivity index (χ3n) is 2.56. The molecule has 2 rings (SSSR count). The van der Waals surface area contributed by atoms with Crippen molar-refractivity contribution in [1.29, 1.82) is 0 Å². The van der Waals surface area contributed by atoms with Gasteiger partial charge < -0.3 is 9.84 Å². The first kappa shape index (κ1) is 12.6. The molecule has 0 aliphatic carbocycles. The molecule has 0 spiro atoms. The van der Waals surface area contributed by atoms with Gasteiger partial charge in [-0.2, -0.15) is 5.10 Å². The molecule has 2 aromatic rings. The highest BCUT2D eigenvalue weighted by Gasteiger charge is 2.10. The maximum atomic E-state index is 13.1. The van der Waals surface area contributed by atoms with Crippen LogP contribution < -0.4 is 4.74 Å². The van der Waals surface area contributed by atoms with E-state index in [-0.39, 0.29) is 5.82 Å². The number of nitrogens with zero attached hydrogens (tertiary/aromatic N) is 2. The normalized spacial score (nSPS) is 12.4. The molecule has 1 aromatic heterocycles. The zero-order valence-corrected chi connectivity index (χ0v) is 10.1. The number of benzene rings is 1. The highest BCUT2D eigenvalue weighted by molar-refractivity contribution is 5.35. The Morgan fingerprint density at radius 3 is 3.00 bits per heavy atom. The molecule has 1 heterocycles. The summed E-state index contributed by atoms with van der Waals surface area (Å²) in [7, 11) is 0. The van der Waals surface area contributed by atoms with Crippen LogP contribution in [0.4, 0.5) is 4.39 Å². The van der Waals surface area contributed by atoms with E-state index in [1.54, 1.807) is 17.8 Å². The predicted octanol–water partition coefficient (Wildman–Crippen LogP) is 2.15. The molecule has 0 aliphatic rings. The summed E-state index contributed by atoms with van der Waals surface area (Å²) in [6.07, 6.45) is 2.82. The molecule has 0 aliphatic heterocycles. The number of aromatic nitrogens is 2. The van der Waals surface area contributed by atoms with E-state index in [0.29, 0.717) is 24.5 Å². The van der Waals surface area contributed by atoms with Gasteiger partial charge in [0.2, 0.25) is 0 Å². The van der Waals surface area contributed by atoms with Gasteiger partial charge in [-0.3, -0.25) is 4.68 Å². The molecule has 0 saturated heterocycles. The summed E-state index contributed by atoms with van der Waals surface area (Å²) in [6, 6.07) is 5.94. The van der Waals surface area contributed by atoms with E-state index >= 15 is 0 Å². The molecule has 1 atom stereocenters. The molecule has 0 saturated carbocycles. The van der Waals surface area contributed by atoms with Crippen LogP contribution in [0.15, 0.2) is 36.7 Å². The van der Waals surface area contributed by atoms with Crippen molar-refractivity contribution in [3.05, 3.63) is 48.0 Å². The van der Waals surface area contributed by atoms with Gasteiger partial charge in [0.05, 0.1) is 12.6 Å². The number of rotatable bonds is 5. The second kappa shape index (κ2) is 5.64. The average molecular weight is 250 g/mol. The first-order chi connectivity index (χ1) is 8.66. The monoisotopic (exact) mass is 250 g/mol. The van der Waals surface area contributed by atoms with E-state index in [1.165, 1.54) is 18.2 Å². The second-order valence-electron chi connectivity index (χ2n) is 3.98. The number of aliphatic hydroxyl groups is 1. The fourth-order valence-corrected chi connectivity index (χ4v) is 1.66. The van der Waals surface area contributed by atoms with Crippen LogP contribution >= 0.6 is 0 Å². The predicted molar refractivity (Wildman–Crippen MR) is 64.8 cm³/mol. The Morgan fingerprint density at radius 1 is 1.50 bits per heavy atom. The summed E-state index contributed by atoms with van der Waals surface area (Å²) in [5, 5.41) is 13.6. The summed E-state index contributed by atoms with van der Waals surface area (Å²) in [4.78, 5) is 0. The van der Waals surface area contributed by atoms with Crippen molar-refractivity contribution in [2.24, 2.45) is 0 Å². The minimum absolute atomic E-state index is 0.366. The van der Waals surface area contributed by atoms with Crippen LogP contribution in [0.5, 0.6) is 5.75 Å². The largest absolute Gasteiger partial charge is 0.491 e. The van der Waals surface area contributed by atoms with Gasteiger partial charge in [-0.05, 0) is 25.1 Å². The Morgan fingerprint density at radius 2 is 2.33 bits per heavy atom. The Balaban J connectivity index is 2.01. The van der Waals surface area contributed by atoms with Gasteiger partial charge in [0.25, 0.3) is 0 Å². The third-order valence-corrected chi connectivity index (χ3v) is 2.56. The van der Waals surface area contributed by atoms with Crippen LogP contribution in [0.3, 0.4) is 0 Å². The topological polar surface area (TPSA) is 47.3 Å². The van der Waals surface area contributed by atoms with Crippen molar-refractivity contribution < 1.29 is 14.2 Å². The summed E-state index contributed by atoms with van der Waals surface area (Å²) in [5.41, 5.74) is 0.580. The second-order valence-corrected chi connectivity index (χ2v) is 3.98. The maximum Gasteiger partial charge on any atom is 0.128 e. The van der Waals surface area contributed by atoms with Gasteiger partial charge in [-0.15, -0.1) is 0 Å². The number of halogens is 1. The molecule has 0 amide bonds. The Hall–Kier alpha value is -1.88. The van der Waals surface area contributed by atoms with Crippen LogP contribution in [0.25, 0.3) is 0 Å². The molecule has 0 bridgehead atoms. The molecule has 1 N–H and O–H groups in total. The molecule has 0 radical (unpaired) electrons. The quantitative estimate of drug-likeness (QED) is 0.884. The lowest BCUT2D eigenvalue weighted by Crippen LogP contribution is -2.10. The lowest BCUT2D eigenvalue weighted by atomic mass is 10.1. The van der Waals surface area contributed by atoms with Gasteiger partial charge in [0, 0.05) is 24.0 Å². The lowest BCUT2D eigenvalue weighted by molar-refractivity contribution is 0.189. The summed E-state index contributed by atoms with van der Waals surface area (Å²) in [6.45, 7) is 2.56. The fraction of sp³-hybridized carbons (Fsp3) is 0.308. The van der Waals surface area contributed by atoms with E-state index in [9.17, 15) is 9.50 Å². The van der Waals surface area contributed by atoms with Gasteiger partial charge in [-0.1, -0.05) is 0 Å². The molecule has 18 heavy (non-hydrogen) atoms. The zero-order chi connectivity index (χ0) is 13.0. The van der Waals surface area contributed by atoms with Gasteiger partial charge in [0.1, 0.15) is 18.2 Å². The fourth-order valence-electron chi connectivity index (χ4n) is 1.66. The summed E-state index contributed by atoms with van der Waals surface area (Å²) < 4.78 is 20.3. The average Bonchev–Trinajstić information content (AvgIpc) is 2.82. The first-order valence-electron chi connectivity index (χ1n) is 5.74. The number of ether oxygens (including phenoxy) is 1. The van der Waals surface area contributed by atoms with Crippen molar-refractivity contribution in [3.63, 3.8) is 0 Å². The minimum Gasteiger partial charge on any atom is -0.491 e. The number of hydrogen-bond acceptors (Lipinski definition) is 3. The smallest absolute Gasteiger partial charge is 0.128 e. The molecular formula is C13H15FN2O2. The van der Waals surface area contributed by atoms with Crippen LogP contribution in [0.2, 0.25) is 0 Å². The standard InChI is InChI=1S/C13H15FN2O2/c1-10(17)12-4-3-11(14)9-13(12)18-8-7-16-6-2-5-15-16/h2-6,9-10,17H,7-8H2,1H3. The van der Waals surface area contributed by atoms with Gasteiger partial charge in [0.15, 0.2) is 0 Å². The number of aliphatic hydroxyl groups excluding tert-OH is 1. The van der Waals surface area contributed by atoms with Crippen molar-refractivity contribution in [1.82, 2.24) is 9.78 Å². The molecule has 5 heteroatoms. The zero-order valence-electron chi connectivity index (χ0n) is 10.1. The van der Waals surface area contributed by atoms with Crippen molar-refractivity contribution in [2.45, 2.75) is 19.6 Å². The van der Waals surface area contributed by atoms with Gasteiger partial charge >= 0.3 is 0 Å². The highest BCUT2D eigenvalue weighted by atomic mass is 19.1. The molecule has 0 fully saturated rings. The van der Waals surface area contributed by atoms with Crippen LogP contribution in [0, 0.1) is 5.82 Å². The van der Waals surface area contributed by atoms with E-state index in [2.05, 4.69) is 5.10 Å². The van der Waals surface area contributed by atoms with Crippen LogP contribution in [-0.4, -0.2) is 21.5 Å². The van der Waals surface area contributed by atoms with Crippen LogP contribution in [-0.2, 0) is 6.54 Å². The lowest BCUT2D eigenvalue weighted by Gasteiger charge is -2.13. The summed E-state index contributed by atoms with van der Waals surface area (Å²) >= 11 is 0. The first-order valence-corrected chi connectivity index (χ1v) is 5.74. The Bertz CT molecular complexity index is 498. The van der Waals surface area contributed by atoms with Crippen molar-refractivity contribution in [3.8, 4) is 5.75 Å². The third kappa shape index (κ3) is 3.07. The molecular weight excluding hydrogens is 235 g/mol. The SMILES string of the molecule is CC(O)c1ccc(F)cc1OCCn1cccn1. The Kier molecular flexibility index (Phi) is 3.94. The molecule has 4 nitrogen and oxygen atoms in total. The number of hydrogen-bond donors (Lipinski definition) is 1. The highest BCUT2D eigenvalue weighted by Crippen LogP contribution is 2.25. The molecule has 1 aromatic carbocycles.